The highest BCUT2D eigenvalue weighted by Crippen LogP contribution is 2.32. The molecule has 7 nitrogen and oxygen atoms in total. The van der Waals surface area contributed by atoms with E-state index in [0.717, 1.165) is 3.57 Å². The molecule has 0 saturated carbocycles. The molecule has 0 aliphatic heterocycles. The van der Waals surface area contributed by atoms with E-state index in [0.29, 0.717) is 22.6 Å². The lowest BCUT2D eigenvalue weighted by Crippen LogP contribution is -2.17. The summed E-state index contributed by atoms with van der Waals surface area (Å²) in [6.45, 7) is 0. The van der Waals surface area contributed by atoms with Crippen molar-refractivity contribution in [3.63, 3.8) is 0 Å². The van der Waals surface area contributed by atoms with Crippen molar-refractivity contribution < 1.29 is 14.1 Å². The van der Waals surface area contributed by atoms with Gasteiger partial charge < -0.3 is 4.42 Å². The molecule has 0 atom stereocenters. The maximum Gasteiger partial charge on any atom is 0.271 e. The number of hydrogen-bond donors (Lipinski definition) is 1. The summed E-state index contributed by atoms with van der Waals surface area (Å²) in [7, 11) is 0. The molecule has 3 rings (SSSR count). The molecule has 0 spiro atoms. The first-order chi connectivity index (χ1) is 12.9. The number of rotatable bonds is 5. The molecule has 0 aliphatic rings. The normalized spacial score (nSPS) is 10.9. The summed E-state index contributed by atoms with van der Waals surface area (Å²) in [5.74, 6) is 0.484. The molecule has 1 amide bonds. The SMILES string of the molecule is O=C(N/N=C/c1ccc(-c2ccc([N+](=O)[O-])cc2Cl)o1)c1cccc(I)c1. The summed E-state index contributed by atoms with van der Waals surface area (Å²) in [6.07, 6.45) is 1.36. The van der Waals surface area contributed by atoms with Crippen LogP contribution in [-0.4, -0.2) is 17.0 Å². The number of nitrogens with one attached hydrogen (secondary N) is 1. The lowest BCUT2D eigenvalue weighted by atomic mass is 10.1. The van der Waals surface area contributed by atoms with Gasteiger partial charge in [0.2, 0.25) is 0 Å². The van der Waals surface area contributed by atoms with E-state index in [9.17, 15) is 14.9 Å². The van der Waals surface area contributed by atoms with Crippen LogP contribution in [0.5, 0.6) is 0 Å². The molecule has 1 aromatic heterocycles. The van der Waals surface area contributed by atoms with Crippen LogP contribution in [0.4, 0.5) is 5.69 Å². The second kappa shape index (κ2) is 8.31. The van der Waals surface area contributed by atoms with Crippen molar-refractivity contribution in [3.8, 4) is 11.3 Å². The highest BCUT2D eigenvalue weighted by atomic mass is 127. The number of halogens is 2. The van der Waals surface area contributed by atoms with Crippen LogP contribution in [0.25, 0.3) is 11.3 Å². The van der Waals surface area contributed by atoms with E-state index in [1.807, 2.05) is 6.07 Å². The molecular formula is C18H11ClIN3O4. The Morgan fingerprint density at radius 3 is 2.74 bits per heavy atom. The molecule has 27 heavy (non-hydrogen) atoms. The molecule has 0 aliphatic carbocycles. The Morgan fingerprint density at radius 1 is 1.22 bits per heavy atom. The number of carbonyl (C=O) groups excluding carboxylic acids is 1. The summed E-state index contributed by atoms with van der Waals surface area (Å²) in [5, 5.41) is 14.8. The first-order valence-corrected chi connectivity index (χ1v) is 9.03. The minimum Gasteiger partial charge on any atom is -0.455 e. The Morgan fingerprint density at radius 2 is 2.04 bits per heavy atom. The van der Waals surface area contributed by atoms with Crippen molar-refractivity contribution >= 4 is 52.0 Å². The van der Waals surface area contributed by atoms with Crippen molar-refractivity contribution in [2.24, 2.45) is 5.10 Å². The molecule has 9 heteroatoms. The van der Waals surface area contributed by atoms with Crippen molar-refractivity contribution in [3.05, 3.63) is 84.6 Å². The molecule has 0 radical (unpaired) electrons. The number of hydrogen-bond acceptors (Lipinski definition) is 5. The van der Waals surface area contributed by atoms with Crippen LogP contribution in [0.2, 0.25) is 5.02 Å². The maximum atomic E-state index is 12.0. The number of nitrogens with zero attached hydrogens (tertiary/aromatic N) is 2. The topological polar surface area (TPSA) is 97.7 Å². The van der Waals surface area contributed by atoms with Crippen LogP contribution < -0.4 is 5.43 Å². The largest absolute Gasteiger partial charge is 0.455 e. The monoisotopic (exact) mass is 495 g/mol. The number of non-ortho nitro benzene ring substituents is 1. The maximum absolute atomic E-state index is 12.0. The first kappa shape index (κ1) is 19.1. The summed E-state index contributed by atoms with van der Waals surface area (Å²) in [6, 6.07) is 14.5. The average molecular weight is 496 g/mol. The molecule has 0 bridgehead atoms. The van der Waals surface area contributed by atoms with Gasteiger partial charge in [-0.15, -0.1) is 0 Å². The van der Waals surface area contributed by atoms with Gasteiger partial charge in [0.05, 0.1) is 16.2 Å². The van der Waals surface area contributed by atoms with Crippen LogP contribution in [-0.2, 0) is 0 Å². The second-order valence-electron chi connectivity index (χ2n) is 5.33. The number of benzene rings is 2. The van der Waals surface area contributed by atoms with Crippen molar-refractivity contribution in [1.82, 2.24) is 5.43 Å². The van der Waals surface area contributed by atoms with Gasteiger partial charge in [-0.2, -0.15) is 5.10 Å². The third-order valence-electron chi connectivity index (χ3n) is 3.50. The Hall–Kier alpha value is -2.72. The van der Waals surface area contributed by atoms with Crippen LogP contribution in [0, 0.1) is 13.7 Å². The number of nitro groups is 1. The van der Waals surface area contributed by atoms with Crippen LogP contribution in [0.3, 0.4) is 0 Å². The number of furan rings is 1. The fourth-order valence-corrected chi connectivity index (χ4v) is 3.04. The lowest BCUT2D eigenvalue weighted by molar-refractivity contribution is -0.384. The third kappa shape index (κ3) is 4.72. The van der Waals surface area contributed by atoms with Gasteiger partial charge >= 0.3 is 0 Å². The minimum absolute atomic E-state index is 0.102. The zero-order chi connectivity index (χ0) is 19.4. The zero-order valence-electron chi connectivity index (χ0n) is 13.6. The van der Waals surface area contributed by atoms with Gasteiger partial charge in [0.25, 0.3) is 11.6 Å². The van der Waals surface area contributed by atoms with E-state index >= 15 is 0 Å². The number of hydrazone groups is 1. The van der Waals surface area contributed by atoms with E-state index < -0.39 is 4.92 Å². The molecule has 0 unspecified atom stereocenters. The van der Waals surface area contributed by atoms with Crippen molar-refractivity contribution in [1.29, 1.82) is 0 Å². The van der Waals surface area contributed by atoms with Crippen molar-refractivity contribution in [2.45, 2.75) is 0 Å². The third-order valence-corrected chi connectivity index (χ3v) is 4.48. The molecule has 0 fully saturated rings. The van der Waals surface area contributed by atoms with Crippen LogP contribution >= 0.6 is 34.2 Å². The summed E-state index contributed by atoms with van der Waals surface area (Å²) in [4.78, 5) is 22.3. The zero-order valence-corrected chi connectivity index (χ0v) is 16.5. The van der Waals surface area contributed by atoms with Gasteiger partial charge in [0, 0.05) is 26.8 Å². The minimum atomic E-state index is -0.522. The highest BCUT2D eigenvalue weighted by Gasteiger charge is 2.13. The number of amides is 1. The molecule has 0 saturated heterocycles. The van der Waals surface area contributed by atoms with E-state index in [-0.39, 0.29) is 16.6 Å². The average Bonchev–Trinajstić information content (AvgIpc) is 3.10. The van der Waals surface area contributed by atoms with Gasteiger partial charge in [-0.3, -0.25) is 14.9 Å². The number of nitro benzene ring substituents is 1. The predicted molar refractivity (Wildman–Crippen MR) is 110 cm³/mol. The standard InChI is InChI=1S/C18H11ClIN3O4/c19-16-9-13(23(25)26)4-6-15(16)17-7-5-14(27-17)10-21-22-18(24)11-2-1-3-12(20)8-11/h1-10H,(H,22,24)/b21-10+. The number of carbonyl (C=O) groups is 1. The molecule has 2 aromatic carbocycles. The van der Waals surface area contributed by atoms with Gasteiger partial charge in [-0.25, -0.2) is 5.43 Å². The summed E-state index contributed by atoms with van der Waals surface area (Å²) < 4.78 is 6.55. The van der Waals surface area contributed by atoms with E-state index in [1.165, 1.54) is 24.4 Å². The van der Waals surface area contributed by atoms with E-state index in [4.69, 9.17) is 16.0 Å². The first-order valence-electron chi connectivity index (χ1n) is 7.57. The molecule has 1 heterocycles. The van der Waals surface area contributed by atoms with Gasteiger partial charge in [0.1, 0.15) is 11.5 Å². The van der Waals surface area contributed by atoms with Crippen molar-refractivity contribution in [2.75, 3.05) is 0 Å². The Labute approximate surface area is 172 Å². The Balaban J connectivity index is 1.70. The Kier molecular flexibility index (Phi) is 5.87. The summed E-state index contributed by atoms with van der Waals surface area (Å²) >= 11 is 8.21. The van der Waals surface area contributed by atoms with Gasteiger partial charge in [-0.05, 0) is 59.0 Å². The highest BCUT2D eigenvalue weighted by molar-refractivity contribution is 14.1. The second-order valence-corrected chi connectivity index (χ2v) is 6.99. The molecule has 1 N–H and O–H groups in total. The summed E-state index contributed by atoms with van der Waals surface area (Å²) in [5.41, 5.74) is 3.34. The van der Waals surface area contributed by atoms with Gasteiger partial charge in [0.15, 0.2) is 0 Å². The van der Waals surface area contributed by atoms with E-state index in [2.05, 4.69) is 33.1 Å². The fraction of sp³-hybridized carbons (Fsp3) is 0. The molecule has 136 valence electrons. The molecule has 3 aromatic rings. The fourth-order valence-electron chi connectivity index (χ4n) is 2.23. The molecular weight excluding hydrogens is 485 g/mol. The smallest absolute Gasteiger partial charge is 0.271 e. The van der Waals surface area contributed by atoms with Crippen LogP contribution in [0.15, 0.2) is 64.1 Å². The van der Waals surface area contributed by atoms with Gasteiger partial charge in [-0.1, -0.05) is 17.7 Å². The quantitative estimate of drug-likeness (QED) is 0.236. The van der Waals surface area contributed by atoms with Crippen LogP contribution in [0.1, 0.15) is 16.1 Å². The predicted octanol–water partition coefficient (Wildman–Crippen LogP) is 4.88. The van der Waals surface area contributed by atoms with E-state index in [1.54, 1.807) is 30.3 Å². The Bertz CT molecular complexity index is 1050. The lowest BCUT2D eigenvalue weighted by Gasteiger charge is -2.01.